The fourth-order valence-electron chi connectivity index (χ4n) is 2.42. The summed E-state index contributed by atoms with van der Waals surface area (Å²) in [5.41, 5.74) is 2.30. The number of hydrogen-bond donors (Lipinski definition) is 2. The van der Waals surface area contributed by atoms with E-state index >= 15 is 0 Å². The molecule has 5 heteroatoms. The second-order valence-corrected chi connectivity index (χ2v) is 4.82. The summed E-state index contributed by atoms with van der Waals surface area (Å²) in [6, 6.07) is -0.0864. The van der Waals surface area contributed by atoms with E-state index in [2.05, 4.69) is 42.9 Å². The smallest absolute Gasteiger partial charge is 0.251 e. The second kappa shape index (κ2) is 11.2. The molecule has 0 rings (SSSR count). The molecule has 3 N–H and O–H groups in total. The lowest BCUT2D eigenvalue weighted by Crippen LogP contribution is -2.49. The van der Waals surface area contributed by atoms with Gasteiger partial charge < -0.3 is 4.90 Å². The van der Waals surface area contributed by atoms with Crippen LogP contribution >= 0.6 is 0 Å². The molecular weight excluding hydrogens is 240 g/mol. The molecule has 0 aliphatic heterocycles. The first kappa shape index (κ1) is 18.4. The summed E-state index contributed by atoms with van der Waals surface area (Å²) >= 11 is 0. The molecule has 0 radical (unpaired) electrons. The zero-order valence-electron chi connectivity index (χ0n) is 13.1. The number of amides is 1. The summed E-state index contributed by atoms with van der Waals surface area (Å²) in [5, 5.41) is 0. The van der Waals surface area contributed by atoms with Gasteiger partial charge in [0.1, 0.15) is 0 Å². The molecular formula is C14H32N4O. The molecule has 0 heterocycles. The number of carbonyl (C=O) groups is 1. The molecule has 0 aromatic heterocycles. The van der Waals surface area contributed by atoms with Gasteiger partial charge in [-0.15, -0.1) is 0 Å². The third-order valence-corrected chi connectivity index (χ3v) is 3.67. The SMILES string of the molecule is CCCC(C(=O)NN)N(CC)CCCN(CC)CC. The van der Waals surface area contributed by atoms with Gasteiger partial charge in [-0.2, -0.15) is 0 Å². The number of nitrogens with zero attached hydrogens (tertiary/aromatic N) is 2. The lowest BCUT2D eigenvalue weighted by molar-refractivity contribution is -0.126. The number of nitrogens with one attached hydrogen (secondary N) is 1. The highest BCUT2D eigenvalue weighted by Gasteiger charge is 2.22. The summed E-state index contributed by atoms with van der Waals surface area (Å²) in [7, 11) is 0. The van der Waals surface area contributed by atoms with Crippen molar-refractivity contribution in [3.8, 4) is 0 Å². The average molecular weight is 272 g/mol. The van der Waals surface area contributed by atoms with E-state index in [0.29, 0.717) is 0 Å². The van der Waals surface area contributed by atoms with Gasteiger partial charge in [0.2, 0.25) is 0 Å². The first-order chi connectivity index (χ1) is 9.14. The number of rotatable bonds is 11. The van der Waals surface area contributed by atoms with Crippen LogP contribution in [0.1, 0.15) is 47.0 Å². The van der Waals surface area contributed by atoms with E-state index in [0.717, 1.165) is 52.0 Å². The molecule has 0 bridgehead atoms. The van der Waals surface area contributed by atoms with Crippen molar-refractivity contribution in [2.24, 2.45) is 5.84 Å². The molecule has 1 atom stereocenters. The Morgan fingerprint density at radius 2 is 1.74 bits per heavy atom. The Bertz CT molecular complexity index is 231. The van der Waals surface area contributed by atoms with Crippen LogP contribution in [-0.2, 0) is 4.79 Å². The van der Waals surface area contributed by atoms with Crippen molar-refractivity contribution in [2.45, 2.75) is 53.0 Å². The van der Waals surface area contributed by atoms with E-state index < -0.39 is 0 Å². The van der Waals surface area contributed by atoms with Gasteiger partial charge in [-0.3, -0.25) is 15.1 Å². The van der Waals surface area contributed by atoms with Crippen molar-refractivity contribution < 1.29 is 4.79 Å². The van der Waals surface area contributed by atoms with Gasteiger partial charge >= 0.3 is 0 Å². The molecule has 0 aromatic rings. The van der Waals surface area contributed by atoms with Gasteiger partial charge in [0.25, 0.3) is 5.91 Å². The van der Waals surface area contributed by atoms with Crippen LogP contribution in [0.4, 0.5) is 0 Å². The Hall–Kier alpha value is -0.650. The maximum Gasteiger partial charge on any atom is 0.251 e. The lowest BCUT2D eigenvalue weighted by atomic mass is 10.1. The van der Waals surface area contributed by atoms with Crippen LogP contribution in [0.2, 0.25) is 0 Å². The summed E-state index contributed by atoms with van der Waals surface area (Å²) in [5.74, 6) is 5.22. The predicted molar refractivity (Wildman–Crippen MR) is 80.7 cm³/mol. The quantitative estimate of drug-likeness (QED) is 0.337. The van der Waals surface area contributed by atoms with Gasteiger partial charge in [0.05, 0.1) is 6.04 Å². The summed E-state index contributed by atoms with van der Waals surface area (Å²) < 4.78 is 0. The minimum Gasteiger partial charge on any atom is -0.304 e. The number of carbonyl (C=O) groups excluding carboxylic acids is 1. The molecule has 0 aliphatic rings. The summed E-state index contributed by atoms with van der Waals surface area (Å²) in [6.07, 6.45) is 2.94. The van der Waals surface area contributed by atoms with Crippen LogP contribution < -0.4 is 11.3 Å². The predicted octanol–water partition coefficient (Wildman–Crippen LogP) is 1.20. The Balaban J connectivity index is 4.31. The molecule has 1 unspecified atom stereocenters. The molecule has 114 valence electrons. The maximum atomic E-state index is 11.8. The number of likely N-dealkylation sites (N-methyl/N-ethyl adjacent to an activating group) is 1. The van der Waals surface area contributed by atoms with Crippen LogP contribution in [0.25, 0.3) is 0 Å². The highest BCUT2D eigenvalue weighted by molar-refractivity contribution is 5.81. The van der Waals surface area contributed by atoms with Gasteiger partial charge in [-0.1, -0.05) is 34.1 Å². The number of nitrogens with two attached hydrogens (primary N) is 1. The fraction of sp³-hybridized carbons (Fsp3) is 0.929. The van der Waals surface area contributed by atoms with Gasteiger partial charge in [-0.25, -0.2) is 5.84 Å². The van der Waals surface area contributed by atoms with Crippen LogP contribution in [0, 0.1) is 0 Å². The Kier molecular flexibility index (Phi) is 10.8. The zero-order valence-corrected chi connectivity index (χ0v) is 13.1. The molecule has 0 saturated heterocycles. The first-order valence-electron chi connectivity index (χ1n) is 7.61. The zero-order chi connectivity index (χ0) is 14.7. The number of hydrazine groups is 1. The Labute approximate surface area is 118 Å². The standard InChI is InChI=1S/C14H32N4O/c1-5-10-13(14(19)16-15)18(8-4)12-9-11-17(6-2)7-3/h13H,5-12,15H2,1-4H3,(H,16,19). The Morgan fingerprint density at radius 3 is 2.16 bits per heavy atom. The Morgan fingerprint density at radius 1 is 1.11 bits per heavy atom. The topological polar surface area (TPSA) is 61.6 Å². The number of hydrogen-bond acceptors (Lipinski definition) is 4. The molecule has 0 aliphatic carbocycles. The molecule has 0 spiro atoms. The largest absolute Gasteiger partial charge is 0.304 e. The monoisotopic (exact) mass is 272 g/mol. The van der Waals surface area contributed by atoms with Crippen LogP contribution in [0.5, 0.6) is 0 Å². The second-order valence-electron chi connectivity index (χ2n) is 4.82. The van der Waals surface area contributed by atoms with E-state index in [9.17, 15) is 4.79 Å². The summed E-state index contributed by atoms with van der Waals surface area (Å²) in [4.78, 5) is 16.5. The minimum atomic E-state index is -0.0864. The highest BCUT2D eigenvalue weighted by atomic mass is 16.2. The van der Waals surface area contributed by atoms with Crippen molar-refractivity contribution in [3.63, 3.8) is 0 Å². The highest BCUT2D eigenvalue weighted by Crippen LogP contribution is 2.08. The van der Waals surface area contributed by atoms with Crippen molar-refractivity contribution in [1.82, 2.24) is 15.2 Å². The van der Waals surface area contributed by atoms with Gasteiger partial charge in [0, 0.05) is 6.54 Å². The third-order valence-electron chi connectivity index (χ3n) is 3.67. The molecule has 0 saturated carbocycles. The summed E-state index contributed by atoms with van der Waals surface area (Å²) in [6.45, 7) is 13.7. The first-order valence-corrected chi connectivity index (χ1v) is 7.61. The van der Waals surface area contributed by atoms with E-state index in [1.165, 1.54) is 0 Å². The van der Waals surface area contributed by atoms with Crippen molar-refractivity contribution in [3.05, 3.63) is 0 Å². The van der Waals surface area contributed by atoms with E-state index in [4.69, 9.17) is 5.84 Å². The van der Waals surface area contributed by atoms with Crippen molar-refractivity contribution in [1.29, 1.82) is 0 Å². The molecule has 0 aromatic carbocycles. The van der Waals surface area contributed by atoms with Crippen LogP contribution in [0.15, 0.2) is 0 Å². The lowest BCUT2D eigenvalue weighted by Gasteiger charge is -2.30. The molecule has 0 fully saturated rings. The third kappa shape index (κ3) is 6.89. The fourth-order valence-corrected chi connectivity index (χ4v) is 2.42. The van der Waals surface area contributed by atoms with Crippen LogP contribution in [-0.4, -0.2) is 54.5 Å². The maximum absolute atomic E-state index is 11.8. The van der Waals surface area contributed by atoms with Gasteiger partial charge in [0.15, 0.2) is 0 Å². The normalized spacial score (nSPS) is 13.0. The van der Waals surface area contributed by atoms with E-state index in [1.54, 1.807) is 0 Å². The van der Waals surface area contributed by atoms with E-state index in [1.807, 2.05) is 0 Å². The average Bonchev–Trinajstić information content (AvgIpc) is 2.45. The molecule has 19 heavy (non-hydrogen) atoms. The van der Waals surface area contributed by atoms with E-state index in [-0.39, 0.29) is 11.9 Å². The minimum absolute atomic E-state index is 0.0634. The van der Waals surface area contributed by atoms with Crippen molar-refractivity contribution >= 4 is 5.91 Å². The van der Waals surface area contributed by atoms with Crippen molar-refractivity contribution in [2.75, 3.05) is 32.7 Å². The molecule has 5 nitrogen and oxygen atoms in total. The molecule has 1 amide bonds. The van der Waals surface area contributed by atoms with Gasteiger partial charge in [-0.05, 0) is 39.0 Å². The van der Waals surface area contributed by atoms with Crippen LogP contribution in [0.3, 0.4) is 0 Å².